The van der Waals surface area contributed by atoms with Crippen molar-refractivity contribution in [2.45, 2.75) is 37.8 Å². The van der Waals surface area contributed by atoms with Crippen molar-refractivity contribution in [3.05, 3.63) is 34.2 Å². The fraction of sp³-hybridized carbons (Fsp3) is 0.688. The Labute approximate surface area is 119 Å². The number of aromatic nitrogens is 1. The van der Waals surface area contributed by atoms with E-state index in [9.17, 15) is 4.79 Å². The van der Waals surface area contributed by atoms with Crippen LogP contribution < -0.4 is 5.56 Å². The lowest BCUT2D eigenvalue weighted by Gasteiger charge is -2.46. The predicted octanol–water partition coefficient (Wildman–Crippen LogP) is 1.45. The molecule has 0 radical (unpaired) electrons. The summed E-state index contributed by atoms with van der Waals surface area (Å²) in [6.45, 7) is 5.00. The highest BCUT2D eigenvalue weighted by atomic mass is 16.5. The Morgan fingerprint density at radius 3 is 2.80 bits per heavy atom. The molecule has 4 heteroatoms. The molecule has 2 atom stereocenters. The van der Waals surface area contributed by atoms with Gasteiger partial charge in [-0.3, -0.25) is 9.69 Å². The fourth-order valence-corrected chi connectivity index (χ4v) is 4.28. The molecule has 0 unspecified atom stereocenters. The van der Waals surface area contributed by atoms with Crippen LogP contribution in [0, 0.1) is 5.92 Å². The van der Waals surface area contributed by atoms with Gasteiger partial charge in [0.15, 0.2) is 0 Å². The Hall–Kier alpha value is -1.13. The molecule has 4 heterocycles. The minimum absolute atomic E-state index is 0.178. The van der Waals surface area contributed by atoms with E-state index in [0.717, 1.165) is 32.8 Å². The summed E-state index contributed by atoms with van der Waals surface area (Å²) in [6.07, 6.45) is 3.59. The molecule has 20 heavy (non-hydrogen) atoms. The Morgan fingerprint density at radius 1 is 1.10 bits per heavy atom. The zero-order valence-corrected chi connectivity index (χ0v) is 11.8. The molecular weight excluding hydrogens is 252 g/mol. The minimum Gasteiger partial charge on any atom is -0.381 e. The second-order valence-electron chi connectivity index (χ2n) is 6.50. The van der Waals surface area contributed by atoms with Gasteiger partial charge in [0.2, 0.25) is 0 Å². The van der Waals surface area contributed by atoms with Crippen LogP contribution in [0.1, 0.15) is 30.9 Å². The van der Waals surface area contributed by atoms with E-state index in [1.165, 1.54) is 25.0 Å². The summed E-state index contributed by atoms with van der Waals surface area (Å²) >= 11 is 0. The summed E-state index contributed by atoms with van der Waals surface area (Å²) in [6, 6.07) is 6.45. The van der Waals surface area contributed by atoms with E-state index >= 15 is 0 Å². The lowest BCUT2D eigenvalue weighted by atomic mass is 9.82. The normalized spacial score (nSPS) is 31.0. The highest BCUT2D eigenvalue weighted by Crippen LogP contribution is 2.36. The van der Waals surface area contributed by atoms with Crippen molar-refractivity contribution in [2.24, 2.45) is 5.92 Å². The van der Waals surface area contributed by atoms with E-state index in [-0.39, 0.29) is 5.56 Å². The lowest BCUT2D eigenvalue weighted by molar-refractivity contribution is 0.00587. The van der Waals surface area contributed by atoms with Crippen LogP contribution in [0.25, 0.3) is 0 Å². The van der Waals surface area contributed by atoms with Crippen LogP contribution in [0.4, 0.5) is 0 Å². The summed E-state index contributed by atoms with van der Waals surface area (Å²) in [5.74, 6) is 1.18. The molecule has 0 aromatic carbocycles. The highest BCUT2D eigenvalue weighted by Gasteiger charge is 2.37. The molecule has 1 aromatic rings. The second kappa shape index (κ2) is 5.01. The van der Waals surface area contributed by atoms with Crippen molar-refractivity contribution in [1.29, 1.82) is 0 Å². The van der Waals surface area contributed by atoms with Crippen molar-refractivity contribution in [3.63, 3.8) is 0 Å². The zero-order chi connectivity index (χ0) is 13.5. The summed E-state index contributed by atoms with van der Waals surface area (Å²) in [5.41, 5.74) is 1.43. The topological polar surface area (TPSA) is 34.5 Å². The van der Waals surface area contributed by atoms with E-state index in [0.29, 0.717) is 17.9 Å². The van der Waals surface area contributed by atoms with Crippen molar-refractivity contribution < 1.29 is 4.74 Å². The van der Waals surface area contributed by atoms with Gasteiger partial charge < -0.3 is 9.30 Å². The van der Waals surface area contributed by atoms with Gasteiger partial charge in [0.25, 0.3) is 5.56 Å². The summed E-state index contributed by atoms with van der Waals surface area (Å²) in [4.78, 5) is 14.7. The van der Waals surface area contributed by atoms with Crippen molar-refractivity contribution in [2.75, 3.05) is 26.3 Å². The molecule has 3 aliphatic rings. The van der Waals surface area contributed by atoms with Gasteiger partial charge >= 0.3 is 0 Å². The first kappa shape index (κ1) is 12.6. The largest absolute Gasteiger partial charge is 0.381 e. The zero-order valence-electron chi connectivity index (χ0n) is 11.8. The third kappa shape index (κ3) is 2.11. The van der Waals surface area contributed by atoms with Gasteiger partial charge in [-0.25, -0.2) is 0 Å². The van der Waals surface area contributed by atoms with Crippen LogP contribution >= 0.6 is 0 Å². The van der Waals surface area contributed by atoms with E-state index in [2.05, 4.69) is 11.0 Å². The average Bonchev–Trinajstić information content (AvgIpc) is 2.49. The molecule has 108 valence electrons. The number of likely N-dealkylation sites (tertiary alicyclic amines) is 1. The monoisotopic (exact) mass is 274 g/mol. The fourth-order valence-electron chi connectivity index (χ4n) is 4.28. The van der Waals surface area contributed by atoms with Crippen LogP contribution in [-0.2, 0) is 11.3 Å². The molecule has 0 saturated carbocycles. The maximum Gasteiger partial charge on any atom is 0.250 e. The average molecular weight is 274 g/mol. The van der Waals surface area contributed by atoms with Gasteiger partial charge in [-0.2, -0.15) is 0 Å². The molecule has 0 amide bonds. The maximum atomic E-state index is 12.0. The number of rotatable bonds is 1. The minimum atomic E-state index is 0.178. The number of fused-ring (bicyclic) bond motifs is 4. The molecule has 2 saturated heterocycles. The van der Waals surface area contributed by atoms with Crippen LogP contribution in [-0.4, -0.2) is 41.8 Å². The first-order valence-electron chi connectivity index (χ1n) is 7.83. The standard InChI is InChI=1S/C16H22N2O2/c19-16-3-1-2-15-13-8-12(10-18(15)16)9-17(11-13)14-4-6-20-7-5-14/h1-3,12-14H,4-11H2/t12-,13-/m0/s1. The summed E-state index contributed by atoms with van der Waals surface area (Å²) < 4.78 is 7.50. The molecule has 1 aromatic heterocycles. The van der Waals surface area contributed by atoms with Crippen LogP contribution in [0.5, 0.6) is 0 Å². The Kier molecular flexibility index (Phi) is 3.15. The quantitative estimate of drug-likeness (QED) is 0.777. The van der Waals surface area contributed by atoms with E-state index in [1.807, 2.05) is 10.6 Å². The summed E-state index contributed by atoms with van der Waals surface area (Å²) in [5, 5.41) is 0. The van der Waals surface area contributed by atoms with Crippen molar-refractivity contribution in [1.82, 2.24) is 9.47 Å². The van der Waals surface area contributed by atoms with Crippen molar-refractivity contribution >= 4 is 0 Å². The number of pyridine rings is 1. The van der Waals surface area contributed by atoms with Crippen LogP contribution in [0.15, 0.2) is 23.0 Å². The third-order valence-electron chi connectivity index (χ3n) is 5.22. The Balaban J connectivity index is 1.60. The predicted molar refractivity (Wildman–Crippen MR) is 77.0 cm³/mol. The van der Waals surface area contributed by atoms with Gasteiger partial charge in [0.1, 0.15) is 0 Å². The van der Waals surface area contributed by atoms with Crippen molar-refractivity contribution in [3.8, 4) is 0 Å². The van der Waals surface area contributed by atoms with E-state index < -0.39 is 0 Å². The first-order chi connectivity index (χ1) is 9.81. The summed E-state index contributed by atoms with van der Waals surface area (Å²) in [7, 11) is 0. The Morgan fingerprint density at radius 2 is 1.95 bits per heavy atom. The molecular formula is C16H22N2O2. The molecule has 4 rings (SSSR count). The number of piperidine rings is 1. The second-order valence-corrected chi connectivity index (χ2v) is 6.50. The lowest BCUT2D eigenvalue weighted by Crippen LogP contribution is -2.51. The van der Waals surface area contributed by atoms with Gasteiger partial charge in [0, 0.05) is 56.6 Å². The van der Waals surface area contributed by atoms with Crippen LogP contribution in [0.2, 0.25) is 0 Å². The number of hydrogen-bond acceptors (Lipinski definition) is 3. The van der Waals surface area contributed by atoms with Gasteiger partial charge in [0.05, 0.1) is 0 Å². The molecule has 0 N–H and O–H groups in total. The Bertz CT molecular complexity index is 548. The van der Waals surface area contributed by atoms with Crippen LogP contribution in [0.3, 0.4) is 0 Å². The molecule has 2 bridgehead atoms. The highest BCUT2D eigenvalue weighted by molar-refractivity contribution is 5.17. The number of ether oxygens (including phenoxy) is 1. The molecule has 3 aliphatic heterocycles. The SMILES string of the molecule is O=c1cccc2n1C[C@H]1C[C@H]2CN(C2CCOCC2)C1. The third-order valence-corrected chi connectivity index (χ3v) is 5.22. The maximum absolute atomic E-state index is 12.0. The van der Waals surface area contributed by atoms with E-state index in [1.54, 1.807) is 6.07 Å². The molecule has 2 fully saturated rings. The number of nitrogens with zero attached hydrogens (tertiary/aromatic N) is 2. The van der Waals surface area contributed by atoms with Gasteiger partial charge in [-0.05, 0) is 31.2 Å². The molecule has 4 nitrogen and oxygen atoms in total. The molecule has 0 aliphatic carbocycles. The van der Waals surface area contributed by atoms with E-state index in [4.69, 9.17) is 4.74 Å². The van der Waals surface area contributed by atoms with Gasteiger partial charge in [-0.15, -0.1) is 0 Å². The van der Waals surface area contributed by atoms with Gasteiger partial charge in [-0.1, -0.05) is 6.07 Å². The number of hydrogen-bond donors (Lipinski definition) is 0. The molecule has 0 spiro atoms. The first-order valence-corrected chi connectivity index (χ1v) is 7.83. The smallest absolute Gasteiger partial charge is 0.250 e.